The van der Waals surface area contributed by atoms with Gasteiger partial charge in [0, 0.05) is 24.5 Å². The Morgan fingerprint density at radius 2 is 2.08 bits per heavy atom. The van der Waals surface area contributed by atoms with E-state index in [4.69, 9.17) is 19.2 Å². The molecule has 6 rings (SSSR count). The molecular formula is C19H25NO4. The Morgan fingerprint density at radius 1 is 1.21 bits per heavy atom. The van der Waals surface area contributed by atoms with Crippen LogP contribution in [0, 0.1) is 17.8 Å². The van der Waals surface area contributed by atoms with Crippen LogP contribution in [0.2, 0.25) is 0 Å². The zero-order valence-electron chi connectivity index (χ0n) is 14.5. The number of fused-ring (bicyclic) bond motifs is 2. The summed E-state index contributed by atoms with van der Waals surface area (Å²) < 4.78 is 12.8. The molecule has 1 aliphatic carbocycles. The molecule has 3 saturated heterocycles. The Morgan fingerprint density at radius 3 is 2.88 bits per heavy atom. The minimum absolute atomic E-state index is 0.262. The van der Waals surface area contributed by atoms with E-state index in [1.165, 1.54) is 12.0 Å². The Kier molecular flexibility index (Phi) is 3.04. The lowest BCUT2D eigenvalue weighted by molar-refractivity contribution is -0.553. The van der Waals surface area contributed by atoms with Crippen molar-refractivity contribution in [2.24, 2.45) is 17.8 Å². The molecule has 0 amide bonds. The van der Waals surface area contributed by atoms with Crippen LogP contribution in [0.1, 0.15) is 52.1 Å². The first-order valence-electron chi connectivity index (χ1n) is 9.09. The molecule has 5 heterocycles. The van der Waals surface area contributed by atoms with Gasteiger partial charge in [0.15, 0.2) is 5.60 Å². The molecule has 130 valence electrons. The molecule has 5 heteroatoms. The van der Waals surface area contributed by atoms with Crippen LogP contribution in [0.5, 0.6) is 0 Å². The van der Waals surface area contributed by atoms with Gasteiger partial charge in [-0.3, -0.25) is 0 Å². The molecule has 24 heavy (non-hydrogen) atoms. The van der Waals surface area contributed by atoms with E-state index in [9.17, 15) is 0 Å². The summed E-state index contributed by atoms with van der Waals surface area (Å²) in [7, 11) is 0. The summed E-state index contributed by atoms with van der Waals surface area (Å²) in [6.07, 6.45) is 5.69. The molecule has 2 bridgehead atoms. The zero-order chi connectivity index (χ0) is 16.5. The number of rotatable bonds is 1. The van der Waals surface area contributed by atoms with Gasteiger partial charge in [0.2, 0.25) is 12.1 Å². The first-order valence-corrected chi connectivity index (χ1v) is 9.09. The van der Waals surface area contributed by atoms with Gasteiger partial charge in [0.25, 0.3) is 0 Å². The zero-order valence-corrected chi connectivity index (χ0v) is 14.5. The van der Waals surface area contributed by atoms with Gasteiger partial charge in [-0.1, -0.05) is 6.92 Å². The van der Waals surface area contributed by atoms with Gasteiger partial charge in [-0.05, 0) is 56.7 Å². The second-order valence-electron chi connectivity index (χ2n) is 8.07. The average Bonchev–Trinajstić information content (AvgIpc) is 2.99. The topological polar surface area (TPSA) is 52.7 Å². The van der Waals surface area contributed by atoms with Crippen LogP contribution in [-0.4, -0.2) is 22.7 Å². The lowest BCUT2D eigenvalue weighted by Crippen LogP contribution is -2.66. The van der Waals surface area contributed by atoms with E-state index in [0.29, 0.717) is 11.8 Å². The average molecular weight is 331 g/mol. The van der Waals surface area contributed by atoms with E-state index >= 15 is 0 Å². The summed E-state index contributed by atoms with van der Waals surface area (Å²) in [5.74, 6) is 1.43. The fourth-order valence-electron chi connectivity index (χ4n) is 5.36. The third-order valence-corrected chi connectivity index (χ3v) is 6.67. The molecule has 4 fully saturated rings. The van der Waals surface area contributed by atoms with Gasteiger partial charge >= 0.3 is 0 Å². The third kappa shape index (κ3) is 1.81. The van der Waals surface area contributed by atoms with Gasteiger partial charge in [-0.25, -0.2) is 9.78 Å². The molecule has 5 aliphatic rings. The molecule has 0 aromatic carbocycles. The molecule has 0 unspecified atom stereocenters. The summed E-state index contributed by atoms with van der Waals surface area (Å²) in [5.41, 5.74) is 1.73. The van der Waals surface area contributed by atoms with Crippen molar-refractivity contribution >= 4 is 5.76 Å². The van der Waals surface area contributed by atoms with E-state index in [0.717, 1.165) is 30.7 Å². The van der Waals surface area contributed by atoms with E-state index in [1.54, 1.807) is 0 Å². The number of aromatic nitrogens is 1. The van der Waals surface area contributed by atoms with E-state index in [2.05, 4.69) is 18.8 Å². The third-order valence-electron chi connectivity index (χ3n) is 6.67. The Balaban J connectivity index is 1.67. The quantitative estimate of drug-likeness (QED) is 0.791. The van der Waals surface area contributed by atoms with Crippen molar-refractivity contribution in [1.29, 1.82) is 0 Å². The highest BCUT2D eigenvalue weighted by molar-refractivity contribution is 5.62. The summed E-state index contributed by atoms with van der Waals surface area (Å²) >= 11 is 0. The maximum Gasteiger partial charge on any atom is 0.236 e. The molecular weight excluding hydrogens is 306 g/mol. The minimum atomic E-state index is -0.719. The maximum atomic E-state index is 6.42. The lowest BCUT2D eigenvalue weighted by Gasteiger charge is -2.57. The van der Waals surface area contributed by atoms with Crippen molar-refractivity contribution < 1.29 is 19.2 Å². The monoisotopic (exact) mass is 331 g/mol. The van der Waals surface area contributed by atoms with Crippen LogP contribution < -0.4 is 0 Å². The molecule has 1 saturated carbocycles. The van der Waals surface area contributed by atoms with Crippen LogP contribution in [0.25, 0.3) is 5.76 Å². The molecule has 1 aromatic rings. The number of H-pyrrole nitrogens is 1. The first kappa shape index (κ1) is 15.0. The highest BCUT2D eigenvalue weighted by Gasteiger charge is 2.68. The number of hydrogen-bond donors (Lipinski definition) is 1. The maximum absolute atomic E-state index is 6.42. The molecule has 1 spiro atoms. The fraction of sp³-hybridized carbons (Fsp3) is 0.684. The van der Waals surface area contributed by atoms with Gasteiger partial charge in [0.05, 0.1) is 5.69 Å². The van der Waals surface area contributed by atoms with Crippen molar-refractivity contribution in [3.05, 3.63) is 29.6 Å². The van der Waals surface area contributed by atoms with Crippen molar-refractivity contribution in [3.63, 3.8) is 0 Å². The smallest absolute Gasteiger partial charge is 0.236 e. The van der Waals surface area contributed by atoms with Gasteiger partial charge in [0.1, 0.15) is 5.76 Å². The predicted octanol–water partition coefficient (Wildman–Crippen LogP) is 3.99. The number of ether oxygens (including phenoxy) is 2. The Hall–Kier alpha value is -1.30. The van der Waals surface area contributed by atoms with Crippen molar-refractivity contribution in [2.75, 3.05) is 0 Å². The molecule has 6 atom stereocenters. The largest absolute Gasteiger partial charge is 0.459 e. The van der Waals surface area contributed by atoms with Crippen LogP contribution in [0.4, 0.5) is 0 Å². The summed E-state index contributed by atoms with van der Waals surface area (Å²) in [6, 6.07) is 4.05. The lowest BCUT2D eigenvalue weighted by atomic mass is 9.59. The second-order valence-corrected chi connectivity index (χ2v) is 8.07. The van der Waals surface area contributed by atoms with E-state index in [1.807, 2.05) is 25.3 Å². The second kappa shape index (κ2) is 4.87. The van der Waals surface area contributed by atoms with Gasteiger partial charge in [-0.2, -0.15) is 0 Å². The van der Waals surface area contributed by atoms with Gasteiger partial charge in [-0.15, -0.1) is 0 Å². The standard InChI is InChI=1S/C19H25NO4/c1-11-6-7-14-12(2)16(15-5-4-10-20-15)21-17-19(14)13(11)8-9-18(3,22-17)23-24-19/h4-5,10-11,13-14,17,20H,6-9H2,1-3H3/t11-,13+,14+,17-,18+,19-/m1/s1. The van der Waals surface area contributed by atoms with Crippen LogP contribution in [-0.2, 0) is 19.2 Å². The van der Waals surface area contributed by atoms with Crippen molar-refractivity contribution in [2.45, 2.75) is 64.1 Å². The molecule has 1 N–H and O–H groups in total. The molecule has 4 aliphatic heterocycles. The van der Waals surface area contributed by atoms with Crippen LogP contribution in [0.3, 0.4) is 0 Å². The highest BCUT2D eigenvalue weighted by Crippen LogP contribution is 2.60. The fourth-order valence-corrected chi connectivity index (χ4v) is 5.36. The van der Waals surface area contributed by atoms with Crippen molar-refractivity contribution in [3.8, 4) is 0 Å². The number of aromatic amines is 1. The predicted molar refractivity (Wildman–Crippen MR) is 87.3 cm³/mol. The molecule has 1 aromatic heterocycles. The van der Waals surface area contributed by atoms with Crippen LogP contribution in [0.15, 0.2) is 23.9 Å². The normalized spacial score (nSPS) is 47.1. The van der Waals surface area contributed by atoms with E-state index in [-0.39, 0.29) is 5.92 Å². The molecule has 0 radical (unpaired) electrons. The highest BCUT2D eigenvalue weighted by atomic mass is 17.3. The number of nitrogens with one attached hydrogen (secondary N) is 1. The first-order chi connectivity index (χ1) is 11.5. The minimum Gasteiger partial charge on any atom is -0.459 e. The summed E-state index contributed by atoms with van der Waals surface area (Å²) in [4.78, 5) is 15.2. The van der Waals surface area contributed by atoms with E-state index < -0.39 is 17.7 Å². The Bertz CT molecular complexity index is 684. The number of hydrogen-bond acceptors (Lipinski definition) is 4. The molecule has 5 nitrogen and oxygen atoms in total. The van der Waals surface area contributed by atoms with Crippen molar-refractivity contribution in [1.82, 2.24) is 4.98 Å². The van der Waals surface area contributed by atoms with Gasteiger partial charge < -0.3 is 14.5 Å². The summed E-state index contributed by atoms with van der Waals surface area (Å²) in [6.45, 7) is 6.46. The SMILES string of the molecule is CC1=C(c2ccc[nH]2)O[C@@H]2O[C@]3(C)CC[C@H]4[C@H](C)CC[C@@H]1[C@@]24OO3. The van der Waals surface area contributed by atoms with Crippen LogP contribution >= 0.6 is 0 Å². The Labute approximate surface area is 142 Å². The summed E-state index contributed by atoms with van der Waals surface area (Å²) in [5, 5.41) is 0.